The minimum Gasteiger partial charge on any atom is -0.394 e. The lowest BCUT2D eigenvalue weighted by Gasteiger charge is -2.33. The molecule has 0 saturated carbocycles. The molecule has 0 spiro atoms. The second kappa shape index (κ2) is 4.96. The molecule has 1 fully saturated rings. The van der Waals surface area contributed by atoms with E-state index < -0.39 is 0 Å². The summed E-state index contributed by atoms with van der Waals surface area (Å²) >= 11 is 0. The third-order valence-corrected chi connectivity index (χ3v) is 3.06. The van der Waals surface area contributed by atoms with Gasteiger partial charge in [-0.1, -0.05) is 0 Å². The number of H-pyrrole nitrogens is 1. The van der Waals surface area contributed by atoms with Crippen molar-refractivity contribution in [3.05, 3.63) is 6.20 Å². The van der Waals surface area contributed by atoms with Gasteiger partial charge in [0.05, 0.1) is 30.9 Å². The van der Waals surface area contributed by atoms with Crippen molar-refractivity contribution < 1.29 is 9.84 Å². The normalized spacial score (nSPS) is 19.9. The van der Waals surface area contributed by atoms with E-state index >= 15 is 0 Å². The molecule has 0 amide bonds. The van der Waals surface area contributed by atoms with Gasteiger partial charge in [-0.05, 0) is 0 Å². The van der Waals surface area contributed by atoms with Gasteiger partial charge < -0.3 is 14.7 Å². The number of aliphatic hydroxyl groups is 1. The van der Waals surface area contributed by atoms with Crippen LogP contribution in [0.5, 0.6) is 0 Å². The number of nitrogens with two attached hydrogens (primary N) is 1. The number of hydrazine groups is 1. The van der Waals surface area contributed by atoms with Gasteiger partial charge in [-0.25, -0.2) is 5.84 Å². The lowest BCUT2D eigenvalue weighted by Crippen LogP contribution is -2.44. The van der Waals surface area contributed by atoms with Crippen LogP contribution in [0.2, 0.25) is 0 Å². The van der Waals surface area contributed by atoms with Gasteiger partial charge in [0.15, 0.2) is 5.65 Å². The number of aromatic amines is 1. The largest absolute Gasteiger partial charge is 0.394 e. The number of fused-ring (bicyclic) bond motifs is 1. The van der Waals surface area contributed by atoms with Crippen molar-refractivity contribution in [2.45, 2.75) is 6.10 Å². The summed E-state index contributed by atoms with van der Waals surface area (Å²) in [5.74, 6) is 6.42. The zero-order chi connectivity index (χ0) is 13.2. The Morgan fingerprint density at radius 2 is 2.47 bits per heavy atom. The average Bonchev–Trinajstić information content (AvgIpc) is 2.94. The van der Waals surface area contributed by atoms with Crippen LogP contribution in [0.1, 0.15) is 0 Å². The van der Waals surface area contributed by atoms with Crippen molar-refractivity contribution in [3.63, 3.8) is 0 Å². The quantitative estimate of drug-likeness (QED) is 0.404. The second-order valence-corrected chi connectivity index (χ2v) is 4.27. The van der Waals surface area contributed by atoms with E-state index in [1.165, 1.54) is 0 Å². The van der Waals surface area contributed by atoms with E-state index in [2.05, 4.69) is 25.6 Å². The van der Waals surface area contributed by atoms with E-state index in [0.717, 1.165) is 11.2 Å². The van der Waals surface area contributed by atoms with E-state index in [4.69, 9.17) is 10.6 Å². The molecule has 102 valence electrons. The third-order valence-electron chi connectivity index (χ3n) is 3.06. The molecule has 1 aliphatic heterocycles. The van der Waals surface area contributed by atoms with Crippen LogP contribution in [0, 0.1) is 0 Å². The lowest BCUT2D eigenvalue weighted by atomic mass is 10.2. The zero-order valence-corrected chi connectivity index (χ0v) is 10.2. The zero-order valence-electron chi connectivity index (χ0n) is 10.2. The molecule has 3 heterocycles. The van der Waals surface area contributed by atoms with Crippen molar-refractivity contribution in [2.24, 2.45) is 5.84 Å². The molecule has 19 heavy (non-hydrogen) atoms. The summed E-state index contributed by atoms with van der Waals surface area (Å²) in [6.07, 6.45) is 1.47. The number of hydrogen-bond acceptors (Lipinski definition) is 8. The predicted molar refractivity (Wildman–Crippen MR) is 68.5 cm³/mol. The molecule has 1 saturated heterocycles. The van der Waals surface area contributed by atoms with E-state index in [1.54, 1.807) is 6.20 Å². The van der Waals surface area contributed by atoms with E-state index in [9.17, 15) is 5.11 Å². The highest BCUT2D eigenvalue weighted by Gasteiger charge is 2.23. The van der Waals surface area contributed by atoms with Gasteiger partial charge in [-0.2, -0.15) is 15.1 Å². The molecule has 2 aromatic heterocycles. The molecule has 0 aliphatic carbocycles. The maximum atomic E-state index is 9.19. The number of morpholine rings is 1. The Balaban J connectivity index is 2.00. The summed E-state index contributed by atoms with van der Waals surface area (Å²) in [7, 11) is 0. The van der Waals surface area contributed by atoms with Crippen LogP contribution in [-0.4, -0.2) is 57.7 Å². The summed E-state index contributed by atoms with van der Waals surface area (Å²) in [4.78, 5) is 10.6. The van der Waals surface area contributed by atoms with E-state index in [-0.39, 0.29) is 12.7 Å². The molecule has 1 unspecified atom stereocenters. The second-order valence-electron chi connectivity index (χ2n) is 4.27. The molecule has 0 aromatic carbocycles. The Hall–Kier alpha value is -1.97. The van der Waals surface area contributed by atoms with Crippen LogP contribution in [-0.2, 0) is 4.74 Å². The van der Waals surface area contributed by atoms with Crippen molar-refractivity contribution in [1.29, 1.82) is 0 Å². The number of nitrogen functional groups attached to an aromatic ring is 1. The minimum atomic E-state index is -0.208. The van der Waals surface area contributed by atoms with E-state index in [0.29, 0.717) is 31.3 Å². The lowest BCUT2D eigenvalue weighted by molar-refractivity contribution is 0.00344. The molecule has 2 aromatic rings. The molecular formula is C10H15N7O2. The van der Waals surface area contributed by atoms with Crippen LogP contribution in [0.3, 0.4) is 0 Å². The molecule has 9 nitrogen and oxygen atoms in total. The van der Waals surface area contributed by atoms with Crippen LogP contribution in [0.25, 0.3) is 11.0 Å². The van der Waals surface area contributed by atoms with E-state index in [1.807, 2.05) is 4.90 Å². The molecule has 0 bridgehead atoms. The number of nitrogens with one attached hydrogen (secondary N) is 2. The fourth-order valence-electron chi connectivity index (χ4n) is 2.15. The first kappa shape index (κ1) is 12.1. The first-order valence-corrected chi connectivity index (χ1v) is 5.97. The smallest absolute Gasteiger partial charge is 0.241 e. The molecule has 1 aliphatic rings. The van der Waals surface area contributed by atoms with Crippen LogP contribution in [0.4, 0.5) is 11.8 Å². The van der Waals surface area contributed by atoms with Gasteiger partial charge in [0.25, 0.3) is 0 Å². The highest BCUT2D eigenvalue weighted by molar-refractivity contribution is 5.87. The van der Waals surface area contributed by atoms with Gasteiger partial charge in [0.2, 0.25) is 5.95 Å². The van der Waals surface area contributed by atoms with Crippen LogP contribution < -0.4 is 16.2 Å². The number of nitrogens with zero attached hydrogens (tertiary/aromatic N) is 4. The van der Waals surface area contributed by atoms with Crippen molar-refractivity contribution in [2.75, 3.05) is 36.6 Å². The first-order valence-electron chi connectivity index (χ1n) is 5.97. The summed E-state index contributed by atoms with van der Waals surface area (Å²) in [6, 6.07) is 0. The third kappa shape index (κ3) is 2.18. The number of aliphatic hydroxyl groups excluding tert-OH is 1. The summed E-state index contributed by atoms with van der Waals surface area (Å²) in [5.41, 5.74) is 3.05. The molecule has 1 atom stereocenters. The molecule has 5 N–H and O–H groups in total. The molecule has 3 rings (SSSR count). The fourth-order valence-corrected chi connectivity index (χ4v) is 2.15. The fraction of sp³-hybridized carbons (Fsp3) is 0.500. The molecular weight excluding hydrogens is 250 g/mol. The monoisotopic (exact) mass is 265 g/mol. The van der Waals surface area contributed by atoms with Gasteiger partial charge >= 0.3 is 0 Å². The Morgan fingerprint density at radius 1 is 1.58 bits per heavy atom. The summed E-state index contributed by atoms with van der Waals surface area (Å²) in [5, 5.41) is 16.8. The Labute approximate surface area is 108 Å². The highest BCUT2D eigenvalue weighted by Crippen LogP contribution is 2.25. The number of anilines is 2. The van der Waals surface area contributed by atoms with Crippen molar-refractivity contribution in [1.82, 2.24) is 20.2 Å². The number of hydrogen-bond donors (Lipinski definition) is 4. The van der Waals surface area contributed by atoms with Gasteiger partial charge in [-0.15, -0.1) is 0 Å². The Kier molecular flexibility index (Phi) is 3.15. The van der Waals surface area contributed by atoms with Gasteiger partial charge in [0, 0.05) is 13.1 Å². The van der Waals surface area contributed by atoms with Crippen molar-refractivity contribution in [3.8, 4) is 0 Å². The Morgan fingerprint density at radius 3 is 3.26 bits per heavy atom. The minimum absolute atomic E-state index is 0.0158. The highest BCUT2D eigenvalue weighted by atomic mass is 16.5. The molecule has 0 radical (unpaired) electrons. The standard InChI is InChI=1S/C10H15N7O2/c11-15-10-13-8-7(3-12-16-8)9(14-10)17-1-2-19-6(4-17)5-18/h3,6,18H,1-2,4-5,11H2,(H2,12,13,14,15,16). The Bertz CT molecular complexity index is 572. The predicted octanol–water partition coefficient (Wildman–Crippen LogP) is -1.16. The maximum Gasteiger partial charge on any atom is 0.241 e. The van der Waals surface area contributed by atoms with Gasteiger partial charge in [-0.3, -0.25) is 10.5 Å². The number of rotatable bonds is 3. The van der Waals surface area contributed by atoms with Crippen LogP contribution >= 0.6 is 0 Å². The SMILES string of the molecule is NNc1nc(N2CCOC(CO)C2)c2cn[nH]c2n1. The number of ether oxygens (including phenoxy) is 1. The van der Waals surface area contributed by atoms with Crippen LogP contribution in [0.15, 0.2) is 6.20 Å². The number of aromatic nitrogens is 4. The topological polar surface area (TPSA) is 125 Å². The summed E-state index contributed by atoms with van der Waals surface area (Å²) in [6.45, 7) is 1.79. The van der Waals surface area contributed by atoms with Crippen molar-refractivity contribution >= 4 is 22.8 Å². The molecule has 9 heteroatoms. The summed E-state index contributed by atoms with van der Waals surface area (Å²) < 4.78 is 5.43. The average molecular weight is 265 g/mol. The first-order chi connectivity index (χ1) is 9.31. The van der Waals surface area contributed by atoms with Gasteiger partial charge in [0.1, 0.15) is 5.82 Å². The maximum absolute atomic E-state index is 9.19.